The fourth-order valence-electron chi connectivity index (χ4n) is 1.88. The van der Waals surface area contributed by atoms with Gasteiger partial charge in [-0.3, -0.25) is 4.79 Å². The molecule has 1 fully saturated rings. The molecule has 0 aromatic carbocycles. The molecule has 1 rings (SSSR count). The molecule has 88 valence electrons. The molecule has 3 nitrogen and oxygen atoms in total. The summed E-state index contributed by atoms with van der Waals surface area (Å²) in [5.74, 6) is 0.141. The third-order valence-electron chi connectivity index (χ3n) is 2.90. The van der Waals surface area contributed by atoms with Gasteiger partial charge in [0.15, 0.2) is 0 Å². The Morgan fingerprint density at radius 2 is 2.07 bits per heavy atom. The smallest absolute Gasteiger partial charge is 0.225 e. The highest BCUT2D eigenvalue weighted by Gasteiger charge is 2.23. The van der Waals surface area contributed by atoms with Crippen LogP contribution in [0.3, 0.4) is 0 Å². The quantitative estimate of drug-likeness (QED) is 0.731. The highest BCUT2D eigenvalue weighted by Crippen LogP contribution is 2.14. The predicted molar refractivity (Wildman–Crippen MR) is 62.7 cm³/mol. The maximum absolute atomic E-state index is 11.6. The van der Waals surface area contributed by atoms with Crippen LogP contribution in [0, 0.1) is 5.41 Å². The van der Waals surface area contributed by atoms with Crippen LogP contribution in [0.15, 0.2) is 0 Å². The summed E-state index contributed by atoms with van der Waals surface area (Å²) in [5, 5.41) is 6.52. The summed E-state index contributed by atoms with van der Waals surface area (Å²) in [6.45, 7) is 8.80. The van der Waals surface area contributed by atoms with Crippen LogP contribution in [0.1, 0.15) is 47.0 Å². The van der Waals surface area contributed by atoms with Crippen molar-refractivity contribution < 1.29 is 4.79 Å². The molecule has 1 aliphatic rings. The SMILES string of the molecule is CC1CCCC(CNC(=O)C(C)(C)C)N1. The monoisotopic (exact) mass is 212 g/mol. The Bertz CT molecular complexity index is 220. The molecular formula is C12H24N2O. The largest absolute Gasteiger partial charge is 0.354 e. The van der Waals surface area contributed by atoms with E-state index in [0.717, 1.165) is 6.54 Å². The van der Waals surface area contributed by atoms with E-state index in [2.05, 4.69) is 17.6 Å². The van der Waals surface area contributed by atoms with E-state index < -0.39 is 0 Å². The fraction of sp³-hybridized carbons (Fsp3) is 0.917. The molecule has 1 aliphatic heterocycles. The predicted octanol–water partition coefficient (Wildman–Crippen LogP) is 1.68. The van der Waals surface area contributed by atoms with Gasteiger partial charge in [0.25, 0.3) is 0 Å². The number of hydrogen-bond acceptors (Lipinski definition) is 2. The standard InChI is InChI=1S/C12H24N2O/c1-9-6-5-7-10(14-9)8-13-11(15)12(2,3)4/h9-10,14H,5-8H2,1-4H3,(H,13,15). The second-order valence-electron chi connectivity index (χ2n) is 5.66. The number of carbonyl (C=O) groups is 1. The zero-order valence-electron chi connectivity index (χ0n) is 10.4. The van der Waals surface area contributed by atoms with Gasteiger partial charge in [-0.2, -0.15) is 0 Å². The second kappa shape index (κ2) is 4.97. The van der Waals surface area contributed by atoms with Crippen molar-refractivity contribution in [2.75, 3.05) is 6.54 Å². The lowest BCUT2D eigenvalue weighted by molar-refractivity contribution is -0.128. The van der Waals surface area contributed by atoms with Crippen molar-refractivity contribution in [3.05, 3.63) is 0 Å². The zero-order valence-corrected chi connectivity index (χ0v) is 10.4. The second-order valence-corrected chi connectivity index (χ2v) is 5.66. The van der Waals surface area contributed by atoms with Crippen LogP contribution >= 0.6 is 0 Å². The number of piperidine rings is 1. The highest BCUT2D eigenvalue weighted by atomic mass is 16.2. The van der Waals surface area contributed by atoms with Crippen LogP contribution in [0.2, 0.25) is 0 Å². The molecule has 2 N–H and O–H groups in total. The first-order chi connectivity index (χ1) is 6.89. The average molecular weight is 212 g/mol. The first-order valence-corrected chi connectivity index (χ1v) is 5.94. The molecule has 0 radical (unpaired) electrons. The number of amides is 1. The number of hydrogen-bond donors (Lipinski definition) is 2. The minimum Gasteiger partial charge on any atom is -0.354 e. The van der Waals surface area contributed by atoms with E-state index in [0.29, 0.717) is 12.1 Å². The summed E-state index contributed by atoms with van der Waals surface area (Å²) in [7, 11) is 0. The zero-order chi connectivity index (χ0) is 11.5. The number of nitrogens with one attached hydrogen (secondary N) is 2. The molecule has 3 heteroatoms. The molecule has 15 heavy (non-hydrogen) atoms. The van der Waals surface area contributed by atoms with Gasteiger partial charge < -0.3 is 10.6 Å². The minimum atomic E-state index is -0.277. The Kier molecular flexibility index (Phi) is 4.14. The summed E-state index contributed by atoms with van der Waals surface area (Å²) in [6, 6.07) is 1.05. The summed E-state index contributed by atoms with van der Waals surface area (Å²) >= 11 is 0. The Morgan fingerprint density at radius 1 is 1.40 bits per heavy atom. The van der Waals surface area contributed by atoms with Crippen molar-refractivity contribution in [1.82, 2.24) is 10.6 Å². The number of carbonyl (C=O) groups excluding carboxylic acids is 1. The molecule has 0 bridgehead atoms. The number of rotatable bonds is 2. The highest BCUT2D eigenvalue weighted by molar-refractivity contribution is 5.81. The van der Waals surface area contributed by atoms with Gasteiger partial charge in [0, 0.05) is 24.0 Å². The van der Waals surface area contributed by atoms with Crippen LogP contribution < -0.4 is 10.6 Å². The summed E-state index contributed by atoms with van der Waals surface area (Å²) in [6.07, 6.45) is 3.70. The topological polar surface area (TPSA) is 41.1 Å². The lowest BCUT2D eigenvalue weighted by Gasteiger charge is -2.29. The van der Waals surface area contributed by atoms with Gasteiger partial charge in [-0.15, -0.1) is 0 Å². The molecular weight excluding hydrogens is 188 g/mol. The Labute approximate surface area is 93.0 Å². The first-order valence-electron chi connectivity index (χ1n) is 5.94. The molecule has 2 unspecified atom stereocenters. The average Bonchev–Trinajstić information content (AvgIpc) is 2.12. The van der Waals surface area contributed by atoms with Crippen LogP contribution in [-0.4, -0.2) is 24.5 Å². The fourth-order valence-corrected chi connectivity index (χ4v) is 1.88. The minimum absolute atomic E-state index is 0.141. The van der Waals surface area contributed by atoms with E-state index >= 15 is 0 Å². The lowest BCUT2D eigenvalue weighted by atomic mass is 9.95. The van der Waals surface area contributed by atoms with Crippen molar-refractivity contribution in [2.24, 2.45) is 5.41 Å². The first kappa shape index (κ1) is 12.5. The van der Waals surface area contributed by atoms with Gasteiger partial charge in [0.05, 0.1) is 0 Å². The van der Waals surface area contributed by atoms with E-state index in [-0.39, 0.29) is 11.3 Å². The van der Waals surface area contributed by atoms with Gasteiger partial charge in [-0.1, -0.05) is 27.2 Å². The van der Waals surface area contributed by atoms with Crippen molar-refractivity contribution in [3.8, 4) is 0 Å². The van der Waals surface area contributed by atoms with E-state index in [4.69, 9.17) is 0 Å². The maximum atomic E-state index is 11.6. The van der Waals surface area contributed by atoms with E-state index in [1.54, 1.807) is 0 Å². The van der Waals surface area contributed by atoms with Crippen LogP contribution in [0.4, 0.5) is 0 Å². The van der Waals surface area contributed by atoms with Crippen LogP contribution in [-0.2, 0) is 4.79 Å². The molecule has 0 aromatic rings. The molecule has 0 aromatic heterocycles. The third-order valence-corrected chi connectivity index (χ3v) is 2.90. The molecule has 1 amide bonds. The van der Waals surface area contributed by atoms with Crippen LogP contribution in [0.5, 0.6) is 0 Å². The molecule has 0 spiro atoms. The van der Waals surface area contributed by atoms with Gasteiger partial charge in [0.1, 0.15) is 0 Å². The lowest BCUT2D eigenvalue weighted by Crippen LogP contribution is -2.48. The van der Waals surface area contributed by atoms with Crippen molar-refractivity contribution in [3.63, 3.8) is 0 Å². The van der Waals surface area contributed by atoms with E-state index in [9.17, 15) is 4.79 Å². The molecule has 0 aliphatic carbocycles. The molecule has 1 heterocycles. The summed E-state index contributed by atoms with van der Waals surface area (Å²) in [5.41, 5.74) is -0.277. The van der Waals surface area contributed by atoms with Gasteiger partial charge in [-0.25, -0.2) is 0 Å². The Morgan fingerprint density at radius 3 is 2.60 bits per heavy atom. The summed E-state index contributed by atoms with van der Waals surface area (Å²) in [4.78, 5) is 11.6. The molecule has 2 atom stereocenters. The van der Waals surface area contributed by atoms with Crippen molar-refractivity contribution in [1.29, 1.82) is 0 Å². The van der Waals surface area contributed by atoms with Gasteiger partial charge in [-0.05, 0) is 19.8 Å². The van der Waals surface area contributed by atoms with E-state index in [1.165, 1.54) is 19.3 Å². The summed E-state index contributed by atoms with van der Waals surface area (Å²) < 4.78 is 0. The maximum Gasteiger partial charge on any atom is 0.225 e. The molecule has 0 saturated carbocycles. The Balaban J connectivity index is 2.28. The van der Waals surface area contributed by atoms with E-state index in [1.807, 2.05) is 20.8 Å². The van der Waals surface area contributed by atoms with Crippen molar-refractivity contribution in [2.45, 2.75) is 59.0 Å². The van der Waals surface area contributed by atoms with Crippen molar-refractivity contribution >= 4 is 5.91 Å². The third kappa shape index (κ3) is 4.20. The molecule has 1 saturated heterocycles. The Hall–Kier alpha value is -0.570. The van der Waals surface area contributed by atoms with Gasteiger partial charge >= 0.3 is 0 Å². The van der Waals surface area contributed by atoms with Gasteiger partial charge in [0.2, 0.25) is 5.91 Å². The normalized spacial score (nSPS) is 27.5. The van der Waals surface area contributed by atoms with Crippen LogP contribution in [0.25, 0.3) is 0 Å².